The molecule has 0 bridgehead atoms. The van der Waals surface area contributed by atoms with Gasteiger partial charge in [0, 0.05) is 30.7 Å². The highest BCUT2D eigenvalue weighted by atomic mass is 15.1. The predicted molar refractivity (Wildman–Crippen MR) is 80.2 cm³/mol. The van der Waals surface area contributed by atoms with Crippen LogP contribution in [0.4, 0.5) is 5.69 Å². The van der Waals surface area contributed by atoms with Crippen LogP contribution < -0.4 is 10.6 Å². The quantitative estimate of drug-likeness (QED) is 0.837. The summed E-state index contributed by atoms with van der Waals surface area (Å²) in [6.07, 6.45) is 3.44. The Balaban J connectivity index is 2.11. The first-order valence-corrected chi connectivity index (χ1v) is 6.77. The first kappa shape index (κ1) is 12.2. The predicted octanol–water partition coefficient (Wildman–Crippen LogP) is 2.85. The summed E-state index contributed by atoms with van der Waals surface area (Å²) in [4.78, 5) is 7.01. The van der Waals surface area contributed by atoms with Gasteiger partial charge in [0.05, 0.1) is 11.2 Å². The summed E-state index contributed by atoms with van der Waals surface area (Å²) in [5.41, 5.74) is 10.5. The third kappa shape index (κ3) is 2.34. The van der Waals surface area contributed by atoms with Crippen molar-refractivity contribution in [1.29, 1.82) is 0 Å². The van der Waals surface area contributed by atoms with Crippen molar-refractivity contribution in [2.75, 3.05) is 18.0 Å². The molecule has 0 amide bonds. The molecule has 0 atom stereocenters. The monoisotopic (exact) mass is 253 g/mol. The molecule has 0 aliphatic carbocycles. The van der Waals surface area contributed by atoms with Crippen LogP contribution in [-0.2, 0) is 6.54 Å². The Labute approximate surface area is 113 Å². The second-order valence-corrected chi connectivity index (χ2v) is 5.10. The van der Waals surface area contributed by atoms with Gasteiger partial charge in [-0.25, -0.2) is 0 Å². The molecule has 3 rings (SSSR count). The molecule has 0 radical (unpaired) electrons. The van der Waals surface area contributed by atoms with Gasteiger partial charge in [0.2, 0.25) is 0 Å². The number of aromatic nitrogens is 1. The van der Waals surface area contributed by atoms with E-state index in [1.165, 1.54) is 16.6 Å². The third-order valence-corrected chi connectivity index (χ3v) is 3.73. The second-order valence-electron chi connectivity index (χ2n) is 5.10. The van der Waals surface area contributed by atoms with Crippen LogP contribution in [0, 0.1) is 0 Å². The van der Waals surface area contributed by atoms with Crippen molar-refractivity contribution in [2.24, 2.45) is 5.73 Å². The highest BCUT2D eigenvalue weighted by Gasteiger charge is 2.14. The highest BCUT2D eigenvalue weighted by molar-refractivity contribution is 5.92. The minimum atomic E-state index is 0.487. The lowest BCUT2D eigenvalue weighted by Crippen LogP contribution is -2.28. The lowest BCUT2D eigenvalue weighted by molar-refractivity contribution is 0.788. The first-order valence-electron chi connectivity index (χ1n) is 6.77. The van der Waals surface area contributed by atoms with Crippen LogP contribution in [0.1, 0.15) is 19.0 Å². The molecule has 2 N–H and O–H groups in total. The Bertz CT molecular complexity index is 631. The van der Waals surface area contributed by atoms with Crippen molar-refractivity contribution >= 4 is 16.6 Å². The van der Waals surface area contributed by atoms with E-state index in [0.29, 0.717) is 6.54 Å². The van der Waals surface area contributed by atoms with Crippen LogP contribution in [0.5, 0.6) is 0 Å². The molecule has 19 heavy (non-hydrogen) atoms. The molecule has 0 spiro atoms. The van der Waals surface area contributed by atoms with Crippen molar-refractivity contribution in [2.45, 2.75) is 19.9 Å². The summed E-state index contributed by atoms with van der Waals surface area (Å²) in [5, 5.41) is 1.22. The normalized spacial score (nSPS) is 15.7. The number of hydrogen-bond donors (Lipinski definition) is 1. The fourth-order valence-electron chi connectivity index (χ4n) is 2.57. The van der Waals surface area contributed by atoms with Gasteiger partial charge in [-0.2, -0.15) is 0 Å². The Morgan fingerprint density at radius 1 is 1.32 bits per heavy atom. The average molecular weight is 253 g/mol. The number of para-hydroxylation sites is 1. The van der Waals surface area contributed by atoms with Gasteiger partial charge in [-0.1, -0.05) is 29.8 Å². The van der Waals surface area contributed by atoms with Crippen molar-refractivity contribution in [1.82, 2.24) is 4.98 Å². The van der Waals surface area contributed by atoms with Crippen molar-refractivity contribution in [3.63, 3.8) is 0 Å². The zero-order valence-electron chi connectivity index (χ0n) is 11.3. The molecular formula is C16H19N3. The van der Waals surface area contributed by atoms with E-state index in [4.69, 9.17) is 5.73 Å². The van der Waals surface area contributed by atoms with E-state index in [1.54, 1.807) is 0 Å². The van der Waals surface area contributed by atoms with Crippen LogP contribution in [0.15, 0.2) is 42.0 Å². The van der Waals surface area contributed by atoms with Gasteiger partial charge in [0.25, 0.3) is 0 Å². The number of rotatable bonds is 2. The van der Waals surface area contributed by atoms with E-state index in [1.807, 2.05) is 6.07 Å². The van der Waals surface area contributed by atoms with Gasteiger partial charge in [-0.05, 0) is 25.5 Å². The molecule has 1 aromatic heterocycles. The molecule has 3 nitrogen and oxygen atoms in total. The zero-order chi connectivity index (χ0) is 13.2. The maximum absolute atomic E-state index is 5.77. The molecule has 0 unspecified atom stereocenters. The summed E-state index contributed by atoms with van der Waals surface area (Å²) in [6.45, 7) is 4.73. The lowest BCUT2D eigenvalue weighted by Gasteiger charge is -2.29. The van der Waals surface area contributed by atoms with Gasteiger partial charge in [-0.3, -0.25) is 4.98 Å². The van der Waals surface area contributed by atoms with Crippen LogP contribution in [-0.4, -0.2) is 18.1 Å². The number of benzene rings is 1. The van der Waals surface area contributed by atoms with Crippen molar-refractivity contribution in [3.05, 3.63) is 47.7 Å². The molecule has 0 saturated carbocycles. The first-order chi connectivity index (χ1) is 9.28. The number of anilines is 1. The van der Waals surface area contributed by atoms with Gasteiger partial charge < -0.3 is 10.6 Å². The van der Waals surface area contributed by atoms with Crippen LogP contribution in [0.3, 0.4) is 0 Å². The average Bonchev–Trinajstić information content (AvgIpc) is 2.47. The summed E-state index contributed by atoms with van der Waals surface area (Å²) in [7, 11) is 0. The minimum absolute atomic E-state index is 0.487. The van der Waals surface area contributed by atoms with Gasteiger partial charge >= 0.3 is 0 Å². The molecule has 0 saturated heterocycles. The number of nitrogens with two attached hydrogens (primary N) is 1. The van der Waals surface area contributed by atoms with E-state index in [2.05, 4.69) is 47.1 Å². The van der Waals surface area contributed by atoms with Crippen molar-refractivity contribution in [3.8, 4) is 0 Å². The van der Waals surface area contributed by atoms with Gasteiger partial charge in [-0.15, -0.1) is 0 Å². The SMILES string of the molecule is CC1=CCN(c2cc(CN)nc3ccccc23)CC1. The Hall–Kier alpha value is -1.87. The van der Waals surface area contributed by atoms with E-state index >= 15 is 0 Å². The topological polar surface area (TPSA) is 42.1 Å². The fraction of sp³-hybridized carbons (Fsp3) is 0.312. The third-order valence-electron chi connectivity index (χ3n) is 3.73. The van der Waals surface area contributed by atoms with Crippen molar-refractivity contribution < 1.29 is 0 Å². The summed E-state index contributed by atoms with van der Waals surface area (Å²) < 4.78 is 0. The maximum Gasteiger partial charge on any atom is 0.0726 e. The molecule has 98 valence electrons. The lowest BCUT2D eigenvalue weighted by atomic mass is 10.1. The number of fused-ring (bicyclic) bond motifs is 1. The van der Waals surface area contributed by atoms with Crippen LogP contribution in [0.25, 0.3) is 10.9 Å². The molecule has 3 heteroatoms. The molecule has 2 heterocycles. The van der Waals surface area contributed by atoms with Gasteiger partial charge in [0.15, 0.2) is 0 Å². The zero-order valence-corrected chi connectivity index (χ0v) is 11.3. The number of nitrogens with zero attached hydrogens (tertiary/aromatic N) is 2. The number of hydrogen-bond acceptors (Lipinski definition) is 3. The highest BCUT2D eigenvalue weighted by Crippen LogP contribution is 2.28. The fourth-order valence-corrected chi connectivity index (χ4v) is 2.57. The summed E-state index contributed by atoms with van der Waals surface area (Å²) in [5.74, 6) is 0. The molecule has 1 aliphatic rings. The van der Waals surface area contributed by atoms with E-state index in [-0.39, 0.29) is 0 Å². The summed E-state index contributed by atoms with van der Waals surface area (Å²) in [6, 6.07) is 10.4. The summed E-state index contributed by atoms with van der Waals surface area (Å²) >= 11 is 0. The molecule has 1 aromatic carbocycles. The molecule has 1 aliphatic heterocycles. The Morgan fingerprint density at radius 3 is 2.89 bits per heavy atom. The second kappa shape index (κ2) is 5.02. The molecule has 0 fully saturated rings. The largest absolute Gasteiger partial charge is 0.367 e. The molecule has 2 aromatic rings. The number of pyridine rings is 1. The Morgan fingerprint density at radius 2 is 2.16 bits per heavy atom. The van der Waals surface area contributed by atoms with Crippen LogP contribution in [0.2, 0.25) is 0 Å². The van der Waals surface area contributed by atoms with Crippen LogP contribution >= 0.6 is 0 Å². The van der Waals surface area contributed by atoms with E-state index in [0.717, 1.165) is 30.7 Å². The minimum Gasteiger partial charge on any atom is -0.367 e. The maximum atomic E-state index is 5.77. The van der Waals surface area contributed by atoms with E-state index < -0.39 is 0 Å². The van der Waals surface area contributed by atoms with E-state index in [9.17, 15) is 0 Å². The van der Waals surface area contributed by atoms with Gasteiger partial charge in [0.1, 0.15) is 0 Å². The standard InChI is InChI=1S/C16H19N3/c1-12-6-8-19(9-7-12)16-10-13(11-17)18-15-5-3-2-4-14(15)16/h2-6,10H,7-9,11,17H2,1H3. The smallest absolute Gasteiger partial charge is 0.0726 e. The molecular weight excluding hydrogens is 234 g/mol. The Kier molecular flexibility index (Phi) is 3.22.